The van der Waals surface area contributed by atoms with Crippen LogP contribution in [0, 0.1) is 0 Å². The number of likely N-dealkylation sites (tertiary alicyclic amines) is 1. The Bertz CT molecular complexity index is 1610. The van der Waals surface area contributed by atoms with Crippen molar-refractivity contribution in [1.82, 2.24) is 20.9 Å². The molecule has 4 aliphatic rings. The maximum Gasteiger partial charge on any atom is 0.407 e. The summed E-state index contributed by atoms with van der Waals surface area (Å²) in [6.45, 7) is 10.2. The lowest BCUT2D eigenvalue weighted by Crippen LogP contribution is -2.74. The van der Waals surface area contributed by atoms with E-state index in [4.69, 9.17) is 18.9 Å². The monoisotopic (exact) mass is 714 g/mol. The Morgan fingerprint density at radius 2 is 1.82 bits per heavy atom. The number of carbonyl (C=O) groups is 5. The van der Waals surface area contributed by atoms with Gasteiger partial charge in [-0.2, -0.15) is 0 Å². The zero-order valence-corrected chi connectivity index (χ0v) is 30.3. The van der Waals surface area contributed by atoms with E-state index in [0.717, 1.165) is 11.1 Å². The molecule has 7 atom stereocenters. The number of alkyl carbamates (subject to hydrolysis) is 1. The van der Waals surface area contributed by atoms with E-state index in [-0.39, 0.29) is 36.1 Å². The molecule has 5 rings (SSSR count). The van der Waals surface area contributed by atoms with E-state index in [1.165, 1.54) is 20.8 Å². The number of hydrogen-bond donors (Lipinski definition) is 5. The highest BCUT2D eigenvalue weighted by Crippen LogP contribution is 2.65. The number of phenols is 1. The second-order valence-corrected chi connectivity index (χ2v) is 15.0. The summed E-state index contributed by atoms with van der Waals surface area (Å²) >= 11 is 0. The average Bonchev–Trinajstić information content (AvgIpc) is 3.39. The quantitative estimate of drug-likeness (QED) is 0.120. The van der Waals surface area contributed by atoms with Crippen LogP contribution in [-0.4, -0.2) is 107 Å². The maximum absolute atomic E-state index is 13.3. The van der Waals surface area contributed by atoms with Gasteiger partial charge in [0.2, 0.25) is 11.8 Å². The summed E-state index contributed by atoms with van der Waals surface area (Å²) < 4.78 is 22.7. The molecule has 15 heteroatoms. The van der Waals surface area contributed by atoms with Gasteiger partial charge in [-0.25, -0.2) is 14.4 Å². The standard InChI is InChI=1S/C36H50N4O11/c1-19(38-30(43)23(39-21(3)41)10-8-9-16-37-33(46)51-34(4,5)6)31(44)48-20(2)32(45)49-25-13-14-36(47)26-18-22-11-12-24(42)28-27(22)35(36,29(25)50-28)15-17-40(26)7/h11-13,19-20,23,26,29,42,47H,8-10,14-18H2,1-7H3,(H,37,46)(H,38,43)(H,39,41). The Balaban J connectivity index is 1.16. The largest absolute Gasteiger partial charge is 0.504 e. The first-order valence-corrected chi connectivity index (χ1v) is 17.5. The summed E-state index contributed by atoms with van der Waals surface area (Å²) in [5, 5.41) is 30.7. The number of phenolic OH excluding ortho intramolecular Hbond substituents is 1. The predicted molar refractivity (Wildman–Crippen MR) is 182 cm³/mol. The minimum Gasteiger partial charge on any atom is -0.504 e. The minimum atomic E-state index is -1.37. The third-order valence-corrected chi connectivity index (χ3v) is 10.2. The molecular weight excluding hydrogens is 664 g/mol. The van der Waals surface area contributed by atoms with Crippen LogP contribution in [0.15, 0.2) is 24.0 Å². The van der Waals surface area contributed by atoms with Gasteiger partial charge in [0, 0.05) is 31.5 Å². The first-order valence-electron chi connectivity index (χ1n) is 17.5. The Morgan fingerprint density at radius 3 is 2.51 bits per heavy atom. The molecule has 51 heavy (non-hydrogen) atoms. The lowest BCUT2D eigenvalue weighted by atomic mass is 9.50. The Morgan fingerprint density at radius 1 is 1.10 bits per heavy atom. The van der Waals surface area contributed by atoms with Gasteiger partial charge in [0.1, 0.15) is 23.4 Å². The van der Waals surface area contributed by atoms with E-state index >= 15 is 0 Å². The summed E-state index contributed by atoms with van der Waals surface area (Å²) in [5.74, 6) is -2.44. The van der Waals surface area contributed by atoms with Crippen molar-refractivity contribution in [3.05, 3.63) is 35.1 Å². The molecule has 1 saturated heterocycles. The fraction of sp³-hybridized carbons (Fsp3) is 0.639. The van der Waals surface area contributed by atoms with Crippen LogP contribution in [0.5, 0.6) is 11.5 Å². The van der Waals surface area contributed by atoms with E-state index in [9.17, 15) is 34.2 Å². The SMILES string of the molecule is CC(=O)NC(CCCCNC(=O)OC(C)(C)C)C(=O)NC(C)C(=O)OC(C)C(=O)OC1=CCC2(O)C3Cc4ccc(O)c5c4C2(CCN3C)C1O5. The van der Waals surface area contributed by atoms with Gasteiger partial charge in [0.25, 0.3) is 0 Å². The molecule has 0 aromatic heterocycles. The van der Waals surface area contributed by atoms with Crippen LogP contribution in [0.3, 0.4) is 0 Å². The van der Waals surface area contributed by atoms with Crippen LogP contribution in [0.1, 0.15) is 84.8 Å². The number of ether oxygens (including phenoxy) is 4. The van der Waals surface area contributed by atoms with Gasteiger partial charge in [0.15, 0.2) is 23.7 Å². The highest BCUT2D eigenvalue weighted by molar-refractivity contribution is 5.90. The molecule has 2 heterocycles. The first kappa shape index (κ1) is 37.9. The highest BCUT2D eigenvalue weighted by atomic mass is 16.6. The van der Waals surface area contributed by atoms with Crippen LogP contribution in [-0.2, 0) is 45.2 Å². The number of rotatable bonds is 12. The Labute approximate surface area is 297 Å². The maximum atomic E-state index is 13.3. The topological polar surface area (TPSA) is 202 Å². The number of hydrogen-bond acceptors (Lipinski definition) is 12. The molecule has 2 aliphatic heterocycles. The lowest BCUT2D eigenvalue weighted by molar-refractivity contribution is -0.176. The molecule has 1 spiro atoms. The molecule has 1 aromatic carbocycles. The number of likely N-dealkylation sites (N-methyl/N-ethyl adjacent to an activating group) is 1. The van der Waals surface area contributed by atoms with Crippen molar-refractivity contribution < 1.29 is 53.1 Å². The van der Waals surface area contributed by atoms with Gasteiger partial charge in [-0.1, -0.05) is 6.07 Å². The minimum absolute atomic E-state index is 0.0581. The molecular formula is C36H50N4O11. The fourth-order valence-electron chi connectivity index (χ4n) is 7.83. The Hall–Kier alpha value is -4.37. The van der Waals surface area contributed by atoms with Crippen molar-refractivity contribution in [3.8, 4) is 11.5 Å². The molecule has 2 aliphatic carbocycles. The van der Waals surface area contributed by atoms with E-state index in [0.29, 0.717) is 38.8 Å². The molecule has 2 bridgehead atoms. The highest BCUT2D eigenvalue weighted by Gasteiger charge is 2.72. The van der Waals surface area contributed by atoms with Gasteiger partial charge in [0.05, 0.1) is 11.0 Å². The van der Waals surface area contributed by atoms with Crippen molar-refractivity contribution >= 4 is 29.8 Å². The number of carbonyl (C=O) groups excluding carboxylic acids is 5. The van der Waals surface area contributed by atoms with Crippen molar-refractivity contribution in [2.24, 2.45) is 0 Å². The number of benzene rings is 1. The first-order chi connectivity index (χ1) is 23.9. The van der Waals surface area contributed by atoms with Gasteiger partial charge in [-0.15, -0.1) is 0 Å². The van der Waals surface area contributed by atoms with Crippen LogP contribution < -0.4 is 20.7 Å². The predicted octanol–water partition coefficient (Wildman–Crippen LogP) is 1.85. The van der Waals surface area contributed by atoms with E-state index < -0.39 is 70.8 Å². The third-order valence-electron chi connectivity index (χ3n) is 10.2. The molecule has 3 amide bonds. The van der Waals surface area contributed by atoms with Gasteiger partial charge in [-0.3, -0.25) is 9.59 Å². The average molecular weight is 715 g/mol. The number of nitrogens with zero attached hydrogens (tertiary/aromatic N) is 1. The summed E-state index contributed by atoms with van der Waals surface area (Å²) in [6.07, 6.45) is 1.31. The van der Waals surface area contributed by atoms with Gasteiger partial charge in [-0.05, 0) is 98.0 Å². The number of esters is 2. The van der Waals surface area contributed by atoms with Crippen molar-refractivity contribution in [2.75, 3.05) is 20.1 Å². The van der Waals surface area contributed by atoms with Gasteiger partial charge >= 0.3 is 18.0 Å². The van der Waals surface area contributed by atoms with Crippen LogP contribution in [0.2, 0.25) is 0 Å². The van der Waals surface area contributed by atoms with Crippen LogP contribution in [0.25, 0.3) is 0 Å². The summed E-state index contributed by atoms with van der Waals surface area (Å²) in [5.41, 5.74) is -1.10. The van der Waals surface area contributed by atoms with Crippen molar-refractivity contribution in [3.63, 3.8) is 0 Å². The van der Waals surface area contributed by atoms with Gasteiger partial charge < -0.3 is 50.0 Å². The number of unbranched alkanes of at least 4 members (excludes halogenated alkanes) is 1. The summed E-state index contributed by atoms with van der Waals surface area (Å²) in [4.78, 5) is 65.1. The second-order valence-electron chi connectivity index (χ2n) is 15.0. The fourth-order valence-corrected chi connectivity index (χ4v) is 7.83. The second kappa shape index (κ2) is 14.3. The van der Waals surface area contributed by atoms with Crippen LogP contribution >= 0.6 is 0 Å². The normalized spacial score (nSPS) is 26.2. The number of piperidine rings is 1. The van der Waals surface area contributed by atoms with Crippen LogP contribution in [0.4, 0.5) is 4.79 Å². The molecule has 0 radical (unpaired) electrons. The summed E-state index contributed by atoms with van der Waals surface area (Å²) in [7, 11) is 1.97. The molecule has 0 saturated carbocycles. The van der Waals surface area contributed by atoms with E-state index in [2.05, 4.69) is 20.9 Å². The zero-order chi connectivity index (χ0) is 37.5. The number of aromatic hydroxyl groups is 1. The third kappa shape index (κ3) is 7.36. The number of nitrogens with one attached hydrogen (secondary N) is 3. The molecule has 1 aromatic rings. The summed E-state index contributed by atoms with van der Waals surface area (Å²) in [6, 6.07) is 1.09. The Kier molecular flexibility index (Phi) is 10.6. The molecule has 7 unspecified atom stereocenters. The van der Waals surface area contributed by atoms with E-state index in [1.54, 1.807) is 32.9 Å². The lowest BCUT2D eigenvalue weighted by Gasteiger charge is -2.61. The van der Waals surface area contributed by atoms with Crippen molar-refractivity contribution in [1.29, 1.82) is 0 Å². The van der Waals surface area contributed by atoms with E-state index in [1.807, 2.05) is 13.1 Å². The molecule has 280 valence electrons. The molecule has 5 N–H and O–H groups in total. The zero-order valence-electron chi connectivity index (χ0n) is 30.3. The smallest absolute Gasteiger partial charge is 0.407 e. The number of aliphatic hydroxyl groups is 1. The number of amides is 3. The van der Waals surface area contributed by atoms with Crippen molar-refractivity contribution in [2.45, 2.75) is 127 Å². The molecule has 15 nitrogen and oxygen atoms in total. The molecule has 1 fully saturated rings.